The molecule has 0 bridgehead atoms. The number of halogens is 1. The number of carbonyl (C=O) groups excluding carboxylic acids is 2. The second-order valence-corrected chi connectivity index (χ2v) is 8.35. The van der Waals surface area contributed by atoms with Gasteiger partial charge >= 0.3 is 5.69 Å². The first-order chi connectivity index (χ1) is 17.2. The van der Waals surface area contributed by atoms with Gasteiger partial charge in [0.25, 0.3) is 11.5 Å². The van der Waals surface area contributed by atoms with E-state index in [4.69, 9.17) is 0 Å². The molecule has 0 aliphatic carbocycles. The van der Waals surface area contributed by atoms with Crippen LogP contribution in [0.15, 0.2) is 64.7 Å². The molecular weight excluding hydrogens is 467 g/mol. The Hall–Kier alpha value is -4.54. The fourth-order valence-electron chi connectivity index (χ4n) is 3.77. The summed E-state index contributed by atoms with van der Waals surface area (Å²) in [6.45, 7) is 7.06. The van der Waals surface area contributed by atoms with Crippen LogP contribution in [0.4, 0.5) is 10.1 Å². The summed E-state index contributed by atoms with van der Waals surface area (Å²) in [6.07, 6.45) is 2.22. The van der Waals surface area contributed by atoms with Crippen LogP contribution in [0, 0.1) is 5.82 Å². The Morgan fingerprint density at radius 2 is 1.97 bits per heavy atom. The van der Waals surface area contributed by atoms with Crippen molar-refractivity contribution in [1.29, 1.82) is 0 Å². The predicted octanol–water partition coefficient (Wildman–Crippen LogP) is 2.30. The molecule has 2 amide bonds. The van der Waals surface area contributed by atoms with Crippen LogP contribution in [0.1, 0.15) is 30.6 Å². The van der Waals surface area contributed by atoms with Gasteiger partial charge < -0.3 is 10.6 Å². The van der Waals surface area contributed by atoms with Crippen molar-refractivity contribution in [3.05, 3.63) is 87.3 Å². The highest BCUT2D eigenvalue weighted by Gasteiger charge is 2.20. The Kier molecular flexibility index (Phi) is 6.82. The molecule has 4 aromatic rings. The lowest BCUT2D eigenvalue weighted by Crippen LogP contribution is -2.32. The standard InChI is InChI=1S/C25H25FN6O4/c1-4-11-30-23(35)19-10-9-16(22(34)27-15(3)5-2)12-20(19)32-24(30)29-31(25(32)36)14-21(33)28-18-8-6-7-17(26)13-18/h4,6-10,12-13,15H,1,5,11,14H2,2-3H3,(H,27,34)(H,28,33). The monoisotopic (exact) mass is 492 g/mol. The third-order valence-corrected chi connectivity index (χ3v) is 5.74. The molecule has 2 aromatic carbocycles. The fourth-order valence-corrected chi connectivity index (χ4v) is 3.77. The van der Waals surface area contributed by atoms with Crippen LogP contribution < -0.4 is 21.9 Å². The minimum atomic E-state index is -0.679. The van der Waals surface area contributed by atoms with E-state index >= 15 is 0 Å². The zero-order valence-electron chi connectivity index (χ0n) is 19.8. The van der Waals surface area contributed by atoms with Gasteiger partial charge in [-0.05, 0) is 49.7 Å². The first-order valence-corrected chi connectivity index (χ1v) is 11.4. The summed E-state index contributed by atoms with van der Waals surface area (Å²) in [5, 5.41) is 9.80. The summed E-state index contributed by atoms with van der Waals surface area (Å²) in [4.78, 5) is 51.8. The number of benzene rings is 2. The molecule has 1 unspecified atom stereocenters. The zero-order chi connectivity index (χ0) is 26.0. The van der Waals surface area contributed by atoms with E-state index in [9.17, 15) is 23.6 Å². The molecule has 4 rings (SSSR count). The molecule has 0 aliphatic heterocycles. The number of amides is 2. The van der Waals surface area contributed by atoms with Gasteiger partial charge in [0.05, 0.1) is 10.9 Å². The maximum absolute atomic E-state index is 13.4. The van der Waals surface area contributed by atoms with Gasteiger partial charge in [0.15, 0.2) is 0 Å². The second-order valence-electron chi connectivity index (χ2n) is 8.35. The highest BCUT2D eigenvalue weighted by Crippen LogP contribution is 2.15. The van der Waals surface area contributed by atoms with Gasteiger partial charge in [0, 0.05) is 23.8 Å². The van der Waals surface area contributed by atoms with E-state index in [1.54, 1.807) is 0 Å². The van der Waals surface area contributed by atoms with Crippen LogP contribution in [-0.2, 0) is 17.9 Å². The second kappa shape index (κ2) is 9.98. The molecule has 0 saturated carbocycles. The lowest BCUT2D eigenvalue weighted by atomic mass is 10.1. The number of rotatable bonds is 8. The van der Waals surface area contributed by atoms with E-state index in [1.807, 2.05) is 13.8 Å². The van der Waals surface area contributed by atoms with E-state index in [2.05, 4.69) is 22.3 Å². The van der Waals surface area contributed by atoms with Gasteiger partial charge in [0.1, 0.15) is 12.4 Å². The molecule has 2 N–H and O–H groups in total. The Labute approximate surface area is 204 Å². The van der Waals surface area contributed by atoms with E-state index in [1.165, 1.54) is 51.4 Å². The molecule has 0 spiro atoms. The Balaban J connectivity index is 1.83. The van der Waals surface area contributed by atoms with Gasteiger partial charge in [-0.15, -0.1) is 11.7 Å². The van der Waals surface area contributed by atoms with Crippen molar-refractivity contribution in [2.24, 2.45) is 0 Å². The SMILES string of the molecule is C=CCn1c(=O)c2ccc(C(=O)NC(C)CC)cc2n2c(=O)n(CC(=O)Nc3cccc(F)c3)nc12. The van der Waals surface area contributed by atoms with E-state index < -0.39 is 29.5 Å². The number of nitrogens with zero attached hydrogens (tertiary/aromatic N) is 4. The summed E-state index contributed by atoms with van der Waals surface area (Å²) >= 11 is 0. The maximum atomic E-state index is 13.4. The summed E-state index contributed by atoms with van der Waals surface area (Å²) in [6, 6.07) is 9.74. The topological polar surface area (TPSA) is 120 Å². The van der Waals surface area contributed by atoms with Crippen molar-refractivity contribution in [2.45, 2.75) is 39.4 Å². The van der Waals surface area contributed by atoms with Crippen molar-refractivity contribution >= 4 is 34.2 Å². The average molecular weight is 493 g/mol. The summed E-state index contributed by atoms with van der Waals surface area (Å²) in [5.41, 5.74) is -0.417. The van der Waals surface area contributed by atoms with Gasteiger partial charge in [-0.25, -0.2) is 18.3 Å². The molecule has 186 valence electrons. The quantitative estimate of drug-likeness (QED) is 0.366. The number of aromatic nitrogens is 4. The number of fused-ring (bicyclic) bond motifs is 3. The number of carbonyl (C=O) groups is 2. The highest BCUT2D eigenvalue weighted by molar-refractivity contribution is 5.98. The molecule has 0 saturated heterocycles. The predicted molar refractivity (Wildman–Crippen MR) is 134 cm³/mol. The van der Waals surface area contributed by atoms with Gasteiger partial charge in [-0.1, -0.05) is 19.1 Å². The molecule has 11 heteroatoms. The lowest BCUT2D eigenvalue weighted by Gasteiger charge is -2.12. The highest BCUT2D eigenvalue weighted by atomic mass is 19.1. The molecule has 1 atom stereocenters. The maximum Gasteiger partial charge on any atom is 0.352 e. The fraction of sp³-hybridized carbons (Fsp3) is 0.240. The van der Waals surface area contributed by atoms with Crippen LogP contribution in [-0.4, -0.2) is 36.6 Å². The molecule has 0 radical (unpaired) electrons. The molecule has 0 aliphatic rings. The summed E-state index contributed by atoms with van der Waals surface area (Å²) < 4.78 is 16.8. The third-order valence-electron chi connectivity index (χ3n) is 5.74. The number of anilines is 1. The first kappa shape index (κ1) is 24.6. The van der Waals surface area contributed by atoms with Crippen molar-refractivity contribution in [2.75, 3.05) is 5.32 Å². The van der Waals surface area contributed by atoms with Crippen molar-refractivity contribution in [1.82, 2.24) is 24.1 Å². The number of allylic oxidation sites excluding steroid dienone is 1. The molecule has 2 heterocycles. The zero-order valence-corrected chi connectivity index (χ0v) is 19.8. The number of hydrogen-bond donors (Lipinski definition) is 2. The van der Waals surface area contributed by atoms with Crippen LogP contribution in [0.25, 0.3) is 16.7 Å². The number of nitrogens with one attached hydrogen (secondary N) is 2. The normalized spacial score (nSPS) is 12.0. The molecule has 2 aromatic heterocycles. The van der Waals surface area contributed by atoms with E-state index in [0.717, 1.165) is 17.2 Å². The van der Waals surface area contributed by atoms with Gasteiger partial charge in [-0.3, -0.25) is 19.0 Å². The molecular formula is C25H25FN6O4. The van der Waals surface area contributed by atoms with E-state index in [0.29, 0.717) is 0 Å². The number of hydrogen-bond acceptors (Lipinski definition) is 5. The average Bonchev–Trinajstić information content (AvgIpc) is 3.16. The van der Waals surface area contributed by atoms with Crippen LogP contribution in [0.5, 0.6) is 0 Å². The molecule has 0 fully saturated rings. The van der Waals surface area contributed by atoms with Crippen molar-refractivity contribution in [3.63, 3.8) is 0 Å². The smallest absolute Gasteiger partial charge is 0.350 e. The third kappa shape index (κ3) is 4.67. The first-order valence-electron chi connectivity index (χ1n) is 11.4. The lowest BCUT2D eigenvalue weighted by molar-refractivity contribution is -0.117. The van der Waals surface area contributed by atoms with Crippen molar-refractivity contribution in [3.8, 4) is 0 Å². The minimum absolute atomic E-state index is 0.00422. The van der Waals surface area contributed by atoms with Crippen LogP contribution in [0.3, 0.4) is 0 Å². The summed E-state index contributed by atoms with van der Waals surface area (Å²) in [7, 11) is 0. The summed E-state index contributed by atoms with van der Waals surface area (Å²) in [5.74, 6) is -1.48. The largest absolute Gasteiger partial charge is 0.352 e. The van der Waals surface area contributed by atoms with Crippen LogP contribution >= 0.6 is 0 Å². The molecule has 36 heavy (non-hydrogen) atoms. The minimum Gasteiger partial charge on any atom is -0.350 e. The Bertz CT molecular complexity index is 1620. The Morgan fingerprint density at radius 1 is 1.19 bits per heavy atom. The van der Waals surface area contributed by atoms with Crippen molar-refractivity contribution < 1.29 is 14.0 Å². The van der Waals surface area contributed by atoms with Gasteiger partial charge in [0.2, 0.25) is 11.7 Å². The van der Waals surface area contributed by atoms with Gasteiger partial charge in [-0.2, -0.15) is 0 Å². The van der Waals surface area contributed by atoms with E-state index in [-0.39, 0.29) is 46.4 Å². The van der Waals surface area contributed by atoms with Crippen LogP contribution in [0.2, 0.25) is 0 Å². The molecule has 10 nitrogen and oxygen atoms in total. The Morgan fingerprint density at radius 3 is 2.67 bits per heavy atom.